The number of hydrogen-bond acceptors (Lipinski definition) is 3. The van der Waals surface area contributed by atoms with Crippen molar-refractivity contribution in [1.29, 1.82) is 0 Å². The lowest BCUT2D eigenvalue weighted by molar-refractivity contribution is -0.126. The zero-order chi connectivity index (χ0) is 10.7. The third kappa shape index (κ3) is 2.69. The molecule has 0 atom stereocenters. The molecule has 4 nitrogen and oxygen atoms in total. The van der Waals surface area contributed by atoms with E-state index in [4.69, 9.17) is 0 Å². The SMILES string of the molecule is CNC(=O)C1CCN(CC2CNC2)CC1. The number of hydrogen-bond donors (Lipinski definition) is 2. The molecule has 2 aliphatic heterocycles. The van der Waals surface area contributed by atoms with Crippen LogP contribution in [-0.4, -0.2) is 50.6 Å². The highest BCUT2D eigenvalue weighted by Crippen LogP contribution is 2.18. The molecule has 0 aliphatic carbocycles. The molecule has 0 bridgehead atoms. The first-order valence-corrected chi connectivity index (χ1v) is 5.94. The monoisotopic (exact) mass is 211 g/mol. The zero-order valence-corrected chi connectivity index (χ0v) is 9.46. The van der Waals surface area contributed by atoms with Crippen molar-refractivity contribution >= 4 is 5.91 Å². The van der Waals surface area contributed by atoms with E-state index < -0.39 is 0 Å². The predicted octanol–water partition coefficient (Wildman–Crippen LogP) is -0.336. The minimum absolute atomic E-state index is 0.222. The Morgan fingerprint density at radius 2 is 2.07 bits per heavy atom. The van der Waals surface area contributed by atoms with Crippen molar-refractivity contribution < 1.29 is 4.79 Å². The lowest BCUT2D eigenvalue weighted by Crippen LogP contribution is -2.50. The molecule has 4 heteroatoms. The lowest BCUT2D eigenvalue weighted by Gasteiger charge is -2.36. The first kappa shape index (κ1) is 10.9. The lowest BCUT2D eigenvalue weighted by atomic mass is 9.94. The molecule has 1 amide bonds. The fourth-order valence-corrected chi connectivity index (χ4v) is 2.42. The molecule has 0 aromatic heterocycles. The molecule has 0 unspecified atom stereocenters. The average molecular weight is 211 g/mol. The quantitative estimate of drug-likeness (QED) is 0.671. The molecule has 2 aliphatic rings. The number of likely N-dealkylation sites (tertiary alicyclic amines) is 1. The van der Waals surface area contributed by atoms with Gasteiger partial charge in [-0.25, -0.2) is 0 Å². The van der Waals surface area contributed by atoms with Gasteiger partial charge in [0.2, 0.25) is 5.91 Å². The van der Waals surface area contributed by atoms with E-state index in [1.807, 2.05) is 0 Å². The Labute approximate surface area is 91.4 Å². The number of carbonyl (C=O) groups excluding carboxylic acids is 1. The number of nitrogens with zero attached hydrogens (tertiary/aromatic N) is 1. The fraction of sp³-hybridized carbons (Fsp3) is 0.909. The predicted molar refractivity (Wildman–Crippen MR) is 59.6 cm³/mol. The molecule has 15 heavy (non-hydrogen) atoms. The second kappa shape index (κ2) is 4.94. The van der Waals surface area contributed by atoms with Crippen LogP contribution in [0.2, 0.25) is 0 Å². The van der Waals surface area contributed by atoms with Crippen molar-refractivity contribution in [3.63, 3.8) is 0 Å². The Kier molecular flexibility index (Phi) is 3.59. The number of carbonyl (C=O) groups is 1. The van der Waals surface area contributed by atoms with E-state index in [-0.39, 0.29) is 11.8 Å². The molecule has 2 fully saturated rings. The van der Waals surface area contributed by atoms with Crippen LogP contribution in [0.4, 0.5) is 0 Å². The Bertz CT molecular complexity index is 220. The summed E-state index contributed by atoms with van der Waals surface area (Å²) in [7, 11) is 1.73. The van der Waals surface area contributed by atoms with Crippen molar-refractivity contribution in [2.75, 3.05) is 39.8 Å². The highest BCUT2D eigenvalue weighted by Gasteiger charge is 2.26. The highest BCUT2D eigenvalue weighted by molar-refractivity contribution is 5.78. The molecule has 2 saturated heterocycles. The number of rotatable bonds is 3. The molecule has 0 spiro atoms. The molecule has 0 radical (unpaired) electrons. The minimum Gasteiger partial charge on any atom is -0.359 e. The van der Waals surface area contributed by atoms with Crippen LogP contribution in [0.1, 0.15) is 12.8 Å². The molecule has 0 aromatic rings. The van der Waals surface area contributed by atoms with Gasteiger partial charge in [-0.2, -0.15) is 0 Å². The van der Waals surface area contributed by atoms with Gasteiger partial charge in [0.05, 0.1) is 0 Å². The van der Waals surface area contributed by atoms with Crippen LogP contribution in [0.5, 0.6) is 0 Å². The molecule has 2 heterocycles. The molecular weight excluding hydrogens is 190 g/mol. The molecule has 2 rings (SSSR count). The van der Waals surface area contributed by atoms with Gasteiger partial charge in [0.15, 0.2) is 0 Å². The molecule has 86 valence electrons. The molecule has 0 aromatic carbocycles. The van der Waals surface area contributed by atoms with E-state index in [9.17, 15) is 4.79 Å². The van der Waals surface area contributed by atoms with Gasteiger partial charge in [-0.15, -0.1) is 0 Å². The third-order valence-electron chi connectivity index (χ3n) is 3.59. The van der Waals surface area contributed by atoms with Crippen molar-refractivity contribution in [1.82, 2.24) is 15.5 Å². The Morgan fingerprint density at radius 1 is 1.40 bits per heavy atom. The van der Waals surface area contributed by atoms with Crippen LogP contribution in [0.3, 0.4) is 0 Å². The summed E-state index contributed by atoms with van der Waals surface area (Å²) in [5.74, 6) is 1.33. The summed E-state index contributed by atoms with van der Waals surface area (Å²) in [5, 5.41) is 6.04. The second-order valence-corrected chi connectivity index (χ2v) is 4.71. The van der Waals surface area contributed by atoms with E-state index in [1.165, 1.54) is 19.6 Å². The van der Waals surface area contributed by atoms with E-state index in [0.717, 1.165) is 31.8 Å². The molecular formula is C11H21N3O. The first-order chi connectivity index (χ1) is 7.29. The number of amides is 1. The van der Waals surface area contributed by atoms with Gasteiger partial charge in [0, 0.05) is 32.6 Å². The third-order valence-corrected chi connectivity index (χ3v) is 3.59. The Balaban J connectivity index is 1.69. The van der Waals surface area contributed by atoms with E-state index in [0.29, 0.717) is 0 Å². The van der Waals surface area contributed by atoms with Crippen molar-refractivity contribution in [2.24, 2.45) is 11.8 Å². The highest BCUT2D eigenvalue weighted by atomic mass is 16.1. The maximum absolute atomic E-state index is 11.4. The van der Waals surface area contributed by atoms with Crippen LogP contribution in [0.15, 0.2) is 0 Å². The minimum atomic E-state index is 0.222. The topological polar surface area (TPSA) is 44.4 Å². The maximum Gasteiger partial charge on any atom is 0.222 e. The van der Waals surface area contributed by atoms with Gasteiger partial charge < -0.3 is 15.5 Å². The normalized spacial score (nSPS) is 24.9. The van der Waals surface area contributed by atoms with E-state index >= 15 is 0 Å². The summed E-state index contributed by atoms with van der Waals surface area (Å²) in [5.41, 5.74) is 0. The smallest absolute Gasteiger partial charge is 0.222 e. The zero-order valence-electron chi connectivity index (χ0n) is 9.46. The number of piperidine rings is 1. The van der Waals surface area contributed by atoms with Crippen molar-refractivity contribution in [3.8, 4) is 0 Å². The van der Waals surface area contributed by atoms with Crippen molar-refractivity contribution in [3.05, 3.63) is 0 Å². The average Bonchev–Trinajstić information content (AvgIpc) is 2.23. The summed E-state index contributed by atoms with van der Waals surface area (Å²) in [4.78, 5) is 13.9. The van der Waals surface area contributed by atoms with Gasteiger partial charge >= 0.3 is 0 Å². The second-order valence-electron chi connectivity index (χ2n) is 4.71. The molecule has 2 N–H and O–H groups in total. The van der Waals surface area contributed by atoms with Gasteiger partial charge in [0.25, 0.3) is 0 Å². The van der Waals surface area contributed by atoms with E-state index in [2.05, 4.69) is 15.5 Å². The maximum atomic E-state index is 11.4. The van der Waals surface area contributed by atoms with Crippen LogP contribution in [0.25, 0.3) is 0 Å². The van der Waals surface area contributed by atoms with Crippen LogP contribution < -0.4 is 10.6 Å². The van der Waals surface area contributed by atoms with Gasteiger partial charge in [-0.3, -0.25) is 4.79 Å². The first-order valence-electron chi connectivity index (χ1n) is 5.94. The Morgan fingerprint density at radius 3 is 2.53 bits per heavy atom. The van der Waals surface area contributed by atoms with Crippen LogP contribution in [-0.2, 0) is 4.79 Å². The van der Waals surface area contributed by atoms with E-state index in [1.54, 1.807) is 7.05 Å². The molecule has 0 saturated carbocycles. The summed E-state index contributed by atoms with van der Waals surface area (Å²) >= 11 is 0. The van der Waals surface area contributed by atoms with Crippen LogP contribution >= 0.6 is 0 Å². The van der Waals surface area contributed by atoms with Gasteiger partial charge in [0.1, 0.15) is 0 Å². The summed E-state index contributed by atoms with van der Waals surface area (Å²) in [6, 6.07) is 0. The standard InChI is InChI=1S/C11H21N3O/c1-12-11(15)10-2-4-14(5-3-10)8-9-6-13-7-9/h9-10,13H,2-8H2,1H3,(H,12,15). The summed E-state index contributed by atoms with van der Waals surface area (Å²) in [6.07, 6.45) is 2.06. The summed E-state index contributed by atoms with van der Waals surface area (Å²) in [6.45, 7) is 5.75. The Hall–Kier alpha value is -0.610. The largest absolute Gasteiger partial charge is 0.359 e. The van der Waals surface area contributed by atoms with Gasteiger partial charge in [-0.05, 0) is 31.8 Å². The fourth-order valence-electron chi connectivity index (χ4n) is 2.42. The van der Waals surface area contributed by atoms with Gasteiger partial charge in [-0.1, -0.05) is 0 Å². The number of nitrogens with one attached hydrogen (secondary N) is 2. The van der Waals surface area contributed by atoms with Crippen LogP contribution in [0, 0.1) is 11.8 Å². The van der Waals surface area contributed by atoms with Crippen molar-refractivity contribution in [2.45, 2.75) is 12.8 Å². The summed E-state index contributed by atoms with van der Waals surface area (Å²) < 4.78 is 0.